The lowest BCUT2D eigenvalue weighted by Crippen LogP contribution is -2.15. The lowest BCUT2D eigenvalue weighted by Gasteiger charge is -2.13. The van der Waals surface area contributed by atoms with E-state index in [1.54, 1.807) is 0 Å². The molecule has 1 N–H and O–H groups in total. The van der Waals surface area contributed by atoms with Crippen molar-refractivity contribution in [3.05, 3.63) is 57.6 Å². The van der Waals surface area contributed by atoms with Crippen molar-refractivity contribution in [2.24, 2.45) is 0 Å². The van der Waals surface area contributed by atoms with Crippen LogP contribution in [0.4, 0.5) is 0 Å². The van der Waals surface area contributed by atoms with Gasteiger partial charge in [-0.25, -0.2) is 0 Å². The van der Waals surface area contributed by atoms with Crippen molar-refractivity contribution in [3.8, 4) is 11.1 Å². The minimum absolute atomic E-state index is 0.749. The summed E-state index contributed by atoms with van der Waals surface area (Å²) in [6.07, 6.45) is 2.66. The molecule has 21 heavy (non-hydrogen) atoms. The maximum Gasteiger partial charge on any atom is 0.0487 e. The summed E-state index contributed by atoms with van der Waals surface area (Å²) in [5.74, 6) is 0. The first-order valence-electron chi connectivity index (χ1n) is 7.64. The van der Waals surface area contributed by atoms with Crippen LogP contribution in [0, 0.1) is 20.8 Å². The maximum absolute atomic E-state index is 6.45. The Morgan fingerprint density at radius 2 is 1.67 bits per heavy atom. The largest absolute Gasteiger partial charge is 0.310 e. The van der Waals surface area contributed by atoms with Crippen molar-refractivity contribution in [1.82, 2.24) is 5.32 Å². The first-order valence-corrected chi connectivity index (χ1v) is 8.02. The fourth-order valence-corrected chi connectivity index (χ4v) is 2.99. The lowest BCUT2D eigenvalue weighted by molar-refractivity contribution is 0.687. The van der Waals surface area contributed by atoms with Gasteiger partial charge in [-0.05, 0) is 73.6 Å². The number of rotatable bonds is 4. The van der Waals surface area contributed by atoms with Gasteiger partial charge >= 0.3 is 0 Å². The van der Waals surface area contributed by atoms with E-state index < -0.39 is 0 Å². The quantitative estimate of drug-likeness (QED) is 0.820. The van der Waals surface area contributed by atoms with Crippen molar-refractivity contribution in [2.45, 2.75) is 46.2 Å². The summed E-state index contributed by atoms with van der Waals surface area (Å²) in [5, 5.41) is 4.40. The van der Waals surface area contributed by atoms with Gasteiger partial charge in [0.05, 0.1) is 0 Å². The van der Waals surface area contributed by atoms with Crippen LogP contribution in [0.2, 0.25) is 5.02 Å². The molecular formula is C19H22ClN. The molecule has 0 spiro atoms. The molecule has 110 valence electrons. The Morgan fingerprint density at radius 3 is 2.33 bits per heavy atom. The molecule has 2 aromatic rings. The highest BCUT2D eigenvalue weighted by atomic mass is 35.5. The molecule has 0 radical (unpaired) electrons. The zero-order chi connectivity index (χ0) is 15.0. The summed E-state index contributed by atoms with van der Waals surface area (Å²) in [7, 11) is 0. The van der Waals surface area contributed by atoms with Crippen LogP contribution in [0.3, 0.4) is 0 Å². The van der Waals surface area contributed by atoms with Crippen LogP contribution >= 0.6 is 11.6 Å². The van der Waals surface area contributed by atoms with Crippen molar-refractivity contribution < 1.29 is 0 Å². The fraction of sp³-hybridized carbons (Fsp3) is 0.368. The summed E-state index contributed by atoms with van der Waals surface area (Å²) in [6.45, 7) is 7.37. The molecule has 0 aromatic heterocycles. The first-order chi connectivity index (χ1) is 10.0. The van der Waals surface area contributed by atoms with E-state index in [1.165, 1.54) is 40.7 Å². The molecule has 2 heteroatoms. The first kappa shape index (κ1) is 14.6. The molecule has 1 aliphatic rings. The second-order valence-electron chi connectivity index (χ2n) is 6.22. The highest BCUT2D eigenvalue weighted by molar-refractivity contribution is 6.33. The highest BCUT2D eigenvalue weighted by Crippen LogP contribution is 2.33. The molecule has 1 fully saturated rings. The van der Waals surface area contributed by atoms with Crippen LogP contribution in [-0.4, -0.2) is 6.04 Å². The van der Waals surface area contributed by atoms with Crippen LogP contribution < -0.4 is 5.32 Å². The van der Waals surface area contributed by atoms with Crippen LogP contribution in [0.25, 0.3) is 11.1 Å². The third-order valence-corrected chi connectivity index (χ3v) is 4.65. The van der Waals surface area contributed by atoms with E-state index >= 15 is 0 Å². The Morgan fingerprint density at radius 1 is 0.952 bits per heavy atom. The number of hydrogen-bond acceptors (Lipinski definition) is 1. The number of nitrogens with one attached hydrogen (secondary N) is 1. The summed E-state index contributed by atoms with van der Waals surface area (Å²) < 4.78 is 0. The Bertz CT molecular complexity index is 672. The molecule has 0 amide bonds. The summed E-state index contributed by atoms with van der Waals surface area (Å²) in [5.41, 5.74) is 7.54. The molecule has 1 aliphatic carbocycles. The van der Waals surface area contributed by atoms with Crippen molar-refractivity contribution in [3.63, 3.8) is 0 Å². The molecule has 0 heterocycles. The van der Waals surface area contributed by atoms with E-state index in [2.05, 4.69) is 56.4 Å². The smallest absolute Gasteiger partial charge is 0.0487 e. The van der Waals surface area contributed by atoms with Gasteiger partial charge in [0.15, 0.2) is 0 Å². The Balaban J connectivity index is 1.89. The number of aryl methyl sites for hydroxylation is 3. The molecular weight excluding hydrogens is 278 g/mol. The van der Waals surface area contributed by atoms with Crippen molar-refractivity contribution in [1.29, 1.82) is 0 Å². The van der Waals surface area contributed by atoms with Crippen LogP contribution in [0.5, 0.6) is 0 Å². The average Bonchev–Trinajstić information content (AvgIpc) is 3.25. The molecule has 0 atom stereocenters. The molecule has 1 saturated carbocycles. The van der Waals surface area contributed by atoms with Crippen LogP contribution in [0.15, 0.2) is 30.3 Å². The third kappa shape index (κ3) is 3.30. The second kappa shape index (κ2) is 5.82. The van der Waals surface area contributed by atoms with E-state index in [0.29, 0.717) is 0 Å². The standard InChI is InChI=1S/C19H22ClN/c1-12-9-18(19(20)10-13(12)2)17-7-4-15(8-14(17)3)11-21-16-5-6-16/h4,7-10,16,21H,5-6,11H2,1-3H3. The number of hydrogen-bond donors (Lipinski definition) is 1. The van der Waals surface area contributed by atoms with Gasteiger partial charge in [0.2, 0.25) is 0 Å². The van der Waals surface area contributed by atoms with Gasteiger partial charge in [-0.15, -0.1) is 0 Å². The summed E-state index contributed by atoms with van der Waals surface area (Å²) in [6, 6.07) is 11.7. The topological polar surface area (TPSA) is 12.0 Å². The monoisotopic (exact) mass is 299 g/mol. The number of halogens is 1. The normalized spacial score (nSPS) is 14.5. The van der Waals surface area contributed by atoms with Gasteiger partial charge in [-0.2, -0.15) is 0 Å². The number of benzene rings is 2. The van der Waals surface area contributed by atoms with Gasteiger partial charge in [0, 0.05) is 23.2 Å². The van der Waals surface area contributed by atoms with E-state index in [4.69, 9.17) is 11.6 Å². The molecule has 1 nitrogen and oxygen atoms in total. The minimum atomic E-state index is 0.749. The van der Waals surface area contributed by atoms with E-state index in [0.717, 1.165) is 23.2 Å². The molecule has 0 aliphatic heterocycles. The lowest BCUT2D eigenvalue weighted by atomic mass is 9.95. The zero-order valence-corrected chi connectivity index (χ0v) is 13.7. The molecule has 2 aromatic carbocycles. The molecule has 0 bridgehead atoms. The SMILES string of the molecule is Cc1cc(Cl)c(-c2ccc(CNC3CC3)cc2C)cc1C. The maximum atomic E-state index is 6.45. The highest BCUT2D eigenvalue weighted by Gasteiger charge is 2.20. The van der Waals surface area contributed by atoms with E-state index in [1.807, 2.05) is 0 Å². The zero-order valence-electron chi connectivity index (χ0n) is 13.0. The molecule has 0 unspecified atom stereocenters. The van der Waals surface area contributed by atoms with Gasteiger partial charge in [-0.3, -0.25) is 0 Å². The van der Waals surface area contributed by atoms with Gasteiger partial charge in [-0.1, -0.05) is 29.8 Å². The van der Waals surface area contributed by atoms with Crippen molar-refractivity contribution >= 4 is 11.6 Å². The third-order valence-electron chi connectivity index (χ3n) is 4.34. The summed E-state index contributed by atoms with van der Waals surface area (Å²) >= 11 is 6.45. The Kier molecular flexibility index (Phi) is 4.05. The van der Waals surface area contributed by atoms with Crippen molar-refractivity contribution in [2.75, 3.05) is 0 Å². The predicted octanol–water partition coefficient (Wildman–Crippen LogP) is 5.18. The van der Waals surface area contributed by atoms with Crippen LogP contribution in [-0.2, 0) is 6.54 Å². The van der Waals surface area contributed by atoms with E-state index in [9.17, 15) is 0 Å². The summed E-state index contributed by atoms with van der Waals surface area (Å²) in [4.78, 5) is 0. The predicted molar refractivity (Wildman–Crippen MR) is 91.0 cm³/mol. The Labute approximate surface area is 132 Å². The van der Waals surface area contributed by atoms with Gasteiger partial charge in [0.1, 0.15) is 0 Å². The molecule has 3 rings (SSSR count). The van der Waals surface area contributed by atoms with Gasteiger partial charge in [0.25, 0.3) is 0 Å². The minimum Gasteiger partial charge on any atom is -0.310 e. The average molecular weight is 300 g/mol. The Hall–Kier alpha value is -1.31. The second-order valence-corrected chi connectivity index (χ2v) is 6.63. The fourth-order valence-electron chi connectivity index (χ4n) is 2.67. The van der Waals surface area contributed by atoms with E-state index in [-0.39, 0.29) is 0 Å². The molecule has 0 saturated heterocycles. The van der Waals surface area contributed by atoms with Crippen LogP contribution in [0.1, 0.15) is 35.1 Å². The van der Waals surface area contributed by atoms with Gasteiger partial charge < -0.3 is 5.32 Å².